The number of allylic oxidation sites excluding steroid dienone is 1. The highest BCUT2D eigenvalue weighted by Crippen LogP contribution is 2.19. The van der Waals surface area contributed by atoms with Crippen LogP contribution in [0.4, 0.5) is 10.8 Å². The SMILES string of the molecule is CCOC(=O)c1ccc(NC(=O)Cc2csc(NC(=O)C3C=CC=NC3=O)n2)cc1. The minimum atomic E-state index is -0.983. The van der Waals surface area contributed by atoms with Crippen LogP contribution in [0, 0.1) is 5.92 Å². The number of benzene rings is 1. The number of amides is 3. The van der Waals surface area contributed by atoms with Crippen LogP contribution < -0.4 is 10.6 Å². The van der Waals surface area contributed by atoms with Crippen LogP contribution in [0.3, 0.4) is 0 Å². The minimum Gasteiger partial charge on any atom is -0.462 e. The number of esters is 1. The third-order valence-electron chi connectivity index (χ3n) is 3.94. The molecule has 3 rings (SSSR count). The van der Waals surface area contributed by atoms with Crippen LogP contribution in [0.5, 0.6) is 0 Å². The van der Waals surface area contributed by atoms with Gasteiger partial charge in [0.05, 0.1) is 24.3 Å². The number of ether oxygens (including phenoxy) is 1. The summed E-state index contributed by atoms with van der Waals surface area (Å²) in [4.78, 5) is 55.4. The van der Waals surface area contributed by atoms with E-state index >= 15 is 0 Å². The first-order valence-corrected chi connectivity index (χ1v) is 9.91. The maximum absolute atomic E-state index is 12.2. The number of aromatic nitrogens is 1. The van der Waals surface area contributed by atoms with Gasteiger partial charge in [0.25, 0.3) is 5.91 Å². The van der Waals surface area contributed by atoms with Gasteiger partial charge in [-0.1, -0.05) is 6.08 Å². The predicted molar refractivity (Wildman–Crippen MR) is 112 cm³/mol. The second-order valence-corrected chi connectivity index (χ2v) is 6.99. The van der Waals surface area contributed by atoms with E-state index in [1.54, 1.807) is 36.6 Å². The molecule has 1 aromatic carbocycles. The van der Waals surface area contributed by atoms with Crippen LogP contribution in [0.15, 0.2) is 46.8 Å². The Labute approximate surface area is 175 Å². The molecule has 1 aliphatic rings. The number of hydrogen-bond acceptors (Lipinski definition) is 7. The third-order valence-corrected chi connectivity index (χ3v) is 4.75. The van der Waals surface area contributed by atoms with Crippen molar-refractivity contribution < 1.29 is 23.9 Å². The fourth-order valence-electron chi connectivity index (χ4n) is 2.54. The molecule has 1 unspecified atom stereocenters. The van der Waals surface area contributed by atoms with Crippen LogP contribution in [0.1, 0.15) is 23.0 Å². The van der Waals surface area contributed by atoms with Crippen LogP contribution in [-0.2, 0) is 25.5 Å². The first kappa shape index (κ1) is 21.1. The number of aliphatic imine (C=N–C) groups is 1. The van der Waals surface area contributed by atoms with E-state index in [1.807, 2.05) is 0 Å². The largest absolute Gasteiger partial charge is 0.462 e. The van der Waals surface area contributed by atoms with E-state index in [0.717, 1.165) is 11.3 Å². The van der Waals surface area contributed by atoms with Crippen molar-refractivity contribution in [2.24, 2.45) is 10.9 Å². The summed E-state index contributed by atoms with van der Waals surface area (Å²) >= 11 is 1.15. The molecular formula is C20H18N4O5S. The molecule has 1 aromatic heterocycles. The second kappa shape index (κ2) is 9.70. The van der Waals surface area contributed by atoms with Gasteiger partial charge in [-0.25, -0.2) is 14.8 Å². The van der Waals surface area contributed by atoms with Crippen molar-refractivity contribution in [2.45, 2.75) is 13.3 Å². The second-order valence-electron chi connectivity index (χ2n) is 6.13. The normalized spacial score (nSPS) is 15.0. The lowest BCUT2D eigenvalue weighted by molar-refractivity contribution is -0.128. The van der Waals surface area contributed by atoms with E-state index in [0.29, 0.717) is 16.9 Å². The Hall–Kier alpha value is -3.66. The van der Waals surface area contributed by atoms with Gasteiger partial charge < -0.3 is 15.4 Å². The first-order valence-electron chi connectivity index (χ1n) is 9.03. The molecule has 0 fully saturated rings. The highest BCUT2D eigenvalue weighted by atomic mass is 32.1. The van der Waals surface area contributed by atoms with Crippen molar-refractivity contribution in [3.63, 3.8) is 0 Å². The molecule has 1 aliphatic heterocycles. The lowest BCUT2D eigenvalue weighted by atomic mass is 10.1. The number of thiazole rings is 1. The van der Waals surface area contributed by atoms with Gasteiger partial charge in [0.15, 0.2) is 5.13 Å². The quantitative estimate of drug-likeness (QED) is 0.516. The number of carbonyl (C=O) groups is 4. The van der Waals surface area contributed by atoms with Crippen molar-refractivity contribution in [1.82, 2.24) is 4.98 Å². The molecule has 0 saturated carbocycles. The van der Waals surface area contributed by atoms with Crippen molar-refractivity contribution in [3.8, 4) is 0 Å². The van der Waals surface area contributed by atoms with E-state index in [2.05, 4.69) is 20.6 Å². The number of anilines is 2. The van der Waals surface area contributed by atoms with E-state index in [-0.39, 0.29) is 24.1 Å². The van der Waals surface area contributed by atoms with Gasteiger partial charge in [0.1, 0.15) is 5.92 Å². The topological polar surface area (TPSA) is 127 Å². The van der Waals surface area contributed by atoms with Crippen molar-refractivity contribution >= 4 is 52.1 Å². The maximum Gasteiger partial charge on any atom is 0.338 e. The number of nitrogens with zero attached hydrogens (tertiary/aromatic N) is 2. The van der Waals surface area contributed by atoms with Gasteiger partial charge in [-0.05, 0) is 37.3 Å². The monoisotopic (exact) mass is 426 g/mol. The summed E-state index contributed by atoms with van der Waals surface area (Å²) in [6, 6.07) is 6.34. The lowest BCUT2D eigenvalue weighted by Gasteiger charge is -2.09. The summed E-state index contributed by atoms with van der Waals surface area (Å²) in [7, 11) is 0. The molecule has 10 heteroatoms. The molecule has 154 valence electrons. The van der Waals surface area contributed by atoms with Crippen LogP contribution in [-0.4, -0.2) is 41.5 Å². The molecule has 0 radical (unpaired) electrons. The highest BCUT2D eigenvalue weighted by Gasteiger charge is 2.25. The average molecular weight is 426 g/mol. The van der Waals surface area contributed by atoms with Crippen LogP contribution in [0.25, 0.3) is 0 Å². The van der Waals surface area contributed by atoms with Gasteiger partial charge in [0.2, 0.25) is 11.8 Å². The maximum atomic E-state index is 12.2. The molecule has 9 nitrogen and oxygen atoms in total. The molecule has 0 bridgehead atoms. The van der Waals surface area contributed by atoms with Gasteiger partial charge in [0, 0.05) is 17.3 Å². The minimum absolute atomic E-state index is 0.00143. The zero-order valence-electron chi connectivity index (χ0n) is 16.0. The zero-order chi connectivity index (χ0) is 21.5. The fourth-order valence-corrected chi connectivity index (χ4v) is 3.26. The predicted octanol–water partition coefficient (Wildman–Crippen LogP) is 2.22. The summed E-state index contributed by atoms with van der Waals surface area (Å²) in [5, 5.41) is 7.21. The number of rotatable bonds is 7. The lowest BCUT2D eigenvalue weighted by Crippen LogP contribution is -2.28. The van der Waals surface area contributed by atoms with Crippen molar-refractivity contribution in [1.29, 1.82) is 0 Å². The third kappa shape index (κ3) is 5.45. The molecule has 2 aromatic rings. The smallest absolute Gasteiger partial charge is 0.338 e. The molecular weight excluding hydrogens is 408 g/mol. The van der Waals surface area contributed by atoms with Gasteiger partial charge in [-0.3, -0.25) is 14.4 Å². The number of nitrogens with one attached hydrogen (secondary N) is 2. The van der Waals surface area contributed by atoms with Gasteiger partial charge in [-0.2, -0.15) is 0 Å². The molecule has 2 heterocycles. The molecule has 2 N–H and O–H groups in total. The van der Waals surface area contributed by atoms with Gasteiger partial charge in [-0.15, -0.1) is 11.3 Å². The molecule has 1 atom stereocenters. The van der Waals surface area contributed by atoms with Crippen LogP contribution in [0.2, 0.25) is 0 Å². The Morgan fingerprint density at radius 1 is 1.17 bits per heavy atom. The van der Waals surface area contributed by atoms with E-state index in [1.165, 1.54) is 18.4 Å². The Kier molecular flexibility index (Phi) is 6.81. The first-order chi connectivity index (χ1) is 14.5. The summed E-state index contributed by atoms with van der Waals surface area (Å²) in [6.45, 7) is 2.01. The summed E-state index contributed by atoms with van der Waals surface area (Å²) in [5.74, 6) is -2.78. The Morgan fingerprint density at radius 3 is 2.63 bits per heavy atom. The Balaban J connectivity index is 1.53. The number of carbonyl (C=O) groups excluding carboxylic acids is 4. The highest BCUT2D eigenvalue weighted by molar-refractivity contribution is 7.14. The number of dihydropyridines is 1. The standard InChI is InChI=1S/C20H18N4O5S/c1-2-29-19(28)12-5-7-13(8-6-12)22-16(25)10-14-11-30-20(23-14)24-18(27)15-4-3-9-21-17(15)26/h3-9,11,15H,2,10H2,1H3,(H,22,25)(H,23,24,27). The zero-order valence-corrected chi connectivity index (χ0v) is 16.8. The molecule has 30 heavy (non-hydrogen) atoms. The van der Waals surface area contributed by atoms with Crippen LogP contribution >= 0.6 is 11.3 Å². The molecule has 0 aliphatic carbocycles. The summed E-state index contributed by atoms with van der Waals surface area (Å²) in [5.41, 5.74) is 1.39. The van der Waals surface area contributed by atoms with Gasteiger partial charge >= 0.3 is 5.97 Å². The van der Waals surface area contributed by atoms with Crippen molar-refractivity contribution in [3.05, 3.63) is 53.1 Å². The van der Waals surface area contributed by atoms with E-state index in [9.17, 15) is 19.2 Å². The van der Waals surface area contributed by atoms with E-state index < -0.39 is 23.7 Å². The van der Waals surface area contributed by atoms with Crippen molar-refractivity contribution in [2.75, 3.05) is 17.2 Å². The number of hydrogen-bond donors (Lipinski definition) is 2. The fraction of sp³-hybridized carbons (Fsp3) is 0.200. The average Bonchev–Trinajstić information content (AvgIpc) is 3.15. The Morgan fingerprint density at radius 2 is 1.93 bits per heavy atom. The molecule has 0 saturated heterocycles. The molecule has 3 amide bonds. The van der Waals surface area contributed by atoms with E-state index in [4.69, 9.17) is 4.74 Å². The Bertz CT molecular complexity index is 1030. The summed E-state index contributed by atoms with van der Waals surface area (Å²) < 4.78 is 4.91. The molecule has 0 spiro atoms. The summed E-state index contributed by atoms with van der Waals surface area (Å²) in [6.07, 6.45) is 4.32.